The molecule has 0 aliphatic carbocycles. The second kappa shape index (κ2) is 3.50. The molecule has 0 atom stereocenters. The van der Waals surface area contributed by atoms with Crippen LogP contribution in [0.1, 0.15) is 24.0 Å². The minimum absolute atomic E-state index is 0.314. The third-order valence-corrected chi connectivity index (χ3v) is 3.90. The molecule has 2 N–H and O–H groups in total. The van der Waals surface area contributed by atoms with Crippen molar-refractivity contribution in [1.82, 2.24) is 5.32 Å². The maximum atomic E-state index is 8.88. The molecule has 0 radical (unpaired) electrons. The Balaban J connectivity index is 2.02. The first-order valence-corrected chi connectivity index (χ1v) is 5.83. The SMILES string of the molecule is N#Cc1ccc2c(c1)NCC21CCNCC1. The van der Waals surface area contributed by atoms with Crippen LogP contribution in [0.25, 0.3) is 0 Å². The second-order valence-corrected chi connectivity index (χ2v) is 4.76. The molecule has 2 aliphatic rings. The van der Waals surface area contributed by atoms with Gasteiger partial charge in [0.15, 0.2) is 0 Å². The van der Waals surface area contributed by atoms with Crippen molar-refractivity contribution in [2.24, 2.45) is 0 Å². The van der Waals surface area contributed by atoms with Crippen LogP contribution in [0.5, 0.6) is 0 Å². The molecule has 0 amide bonds. The lowest BCUT2D eigenvalue weighted by molar-refractivity contribution is 0.335. The molecule has 2 aliphatic heterocycles. The lowest BCUT2D eigenvalue weighted by Gasteiger charge is -2.33. The van der Waals surface area contributed by atoms with E-state index in [0.717, 1.165) is 25.2 Å². The molecule has 3 nitrogen and oxygen atoms in total. The first kappa shape index (κ1) is 9.68. The van der Waals surface area contributed by atoms with Crippen molar-refractivity contribution in [2.45, 2.75) is 18.3 Å². The molecule has 1 spiro atoms. The normalized spacial score (nSPS) is 21.2. The number of benzene rings is 1. The predicted octanol–water partition coefficient (Wildman–Crippen LogP) is 1.60. The maximum absolute atomic E-state index is 8.88. The molecule has 82 valence electrons. The van der Waals surface area contributed by atoms with Crippen LogP contribution < -0.4 is 10.6 Å². The van der Waals surface area contributed by atoms with E-state index in [0.29, 0.717) is 5.41 Å². The van der Waals surface area contributed by atoms with Gasteiger partial charge in [0.25, 0.3) is 0 Å². The van der Waals surface area contributed by atoms with Gasteiger partial charge in [-0.1, -0.05) is 6.07 Å². The van der Waals surface area contributed by atoms with E-state index in [-0.39, 0.29) is 0 Å². The standard InChI is InChI=1S/C13H15N3/c14-8-10-1-2-11-12(7-10)16-9-13(11)3-5-15-6-4-13/h1-2,7,15-16H,3-6,9H2. The molecular weight excluding hydrogens is 198 g/mol. The number of hydrogen-bond acceptors (Lipinski definition) is 3. The van der Waals surface area contributed by atoms with Crippen LogP contribution in [-0.4, -0.2) is 19.6 Å². The number of hydrogen-bond donors (Lipinski definition) is 2. The van der Waals surface area contributed by atoms with E-state index >= 15 is 0 Å². The van der Waals surface area contributed by atoms with Gasteiger partial charge in [0, 0.05) is 17.6 Å². The molecule has 2 heterocycles. The molecule has 0 saturated carbocycles. The van der Waals surface area contributed by atoms with E-state index in [1.54, 1.807) is 0 Å². The number of fused-ring (bicyclic) bond motifs is 2. The Morgan fingerprint density at radius 2 is 2.06 bits per heavy atom. The lowest BCUT2D eigenvalue weighted by atomic mass is 9.75. The van der Waals surface area contributed by atoms with Gasteiger partial charge in [0.05, 0.1) is 11.6 Å². The number of anilines is 1. The van der Waals surface area contributed by atoms with Gasteiger partial charge < -0.3 is 10.6 Å². The Hall–Kier alpha value is -1.53. The number of piperidine rings is 1. The molecule has 3 rings (SSSR count). The van der Waals surface area contributed by atoms with Gasteiger partial charge in [0.1, 0.15) is 0 Å². The lowest BCUT2D eigenvalue weighted by Crippen LogP contribution is -2.41. The summed E-state index contributed by atoms with van der Waals surface area (Å²) in [6.45, 7) is 3.22. The van der Waals surface area contributed by atoms with Crippen molar-refractivity contribution < 1.29 is 0 Å². The van der Waals surface area contributed by atoms with Gasteiger partial charge >= 0.3 is 0 Å². The fourth-order valence-electron chi connectivity index (χ4n) is 2.93. The molecule has 1 saturated heterocycles. The van der Waals surface area contributed by atoms with Crippen molar-refractivity contribution >= 4 is 5.69 Å². The smallest absolute Gasteiger partial charge is 0.0992 e. The Morgan fingerprint density at radius 1 is 1.25 bits per heavy atom. The highest BCUT2D eigenvalue weighted by Crippen LogP contribution is 2.42. The highest BCUT2D eigenvalue weighted by molar-refractivity contribution is 5.63. The van der Waals surface area contributed by atoms with E-state index in [2.05, 4.69) is 22.8 Å². The Labute approximate surface area is 95.5 Å². The van der Waals surface area contributed by atoms with Crippen molar-refractivity contribution in [2.75, 3.05) is 25.0 Å². The molecule has 3 heteroatoms. The van der Waals surface area contributed by atoms with Gasteiger partial charge in [-0.25, -0.2) is 0 Å². The summed E-state index contributed by atoms with van der Waals surface area (Å²) in [5.41, 5.74) is 3.64. The third-order valence-electron chi connectivity index (χ3n) is 3.90. The largest absolute Gasteiger partial charge is 0.384 e. The van der Waals surface area contributed by atoms with E-state index < -0.39 is 0 Å². The molecule has 16 heavy (non-hydrogen) atoms. The molecule has 1 fully saturated rings. The summed E-state index contributed by atoms with van der Waals surface area (Å²) in [7, 11) is 0. The van der Waals surface area contributed by atoms with Gasteiger partial charge in [0.2, 0.25) is 0 Å². The summed E-state index contributed by atoms with van der Waals surface area (Å²) >= 11 is 0. The number of nitrogens with zero attached hydrogens (tertiary/aromatic N) is 1. The molecule has 0 unspecified atom stereocenters. The van der Waals surface area contributed by atoms with Crippen LogP contribution >= 0.6 is 0 Å². The van der Waals surface area contributed by atoms with Crippen molar-refractivity contribution in [3.8, 4) is 6.07 Å². The minimum atomic E-state index is 0.314. The molecule has 0 bridgehead atoms. The molecule has 0 aromatic heterocycles. The summed E-state index contributed by atoms with van der Waals surface area (Å²) in [4.78, 5) is 0. The monoisotopic (exact) mass is 213 g/mol. The van der Waals surface area contributed by atoms with E-state index in [1.807, 2.05) is 12.1 Å². The average Bonchev–Trinajstić information content (AvgIpc) is 2.69. The number of nitriles is 1. The summed E-state index contributed by atoms with van der Waals surface area (Å²) in [5, 5.41) is 15.7. The van der Waals surface area contributed by atoms with E-state index in [4.69, 9.17) is 5.26 Å². The van der Waals surface area contributed by atoms with Gasteiger partial charge in [-0.15, -0.1) is 0 Å². The Morgan fingerprint density at radius 3 is 2.81 bits per heavy atom. The van der Waals surface area contributed by atoms with Gasteiger partial charge in [-0.3, -0.25) is 0 Å². The molecule has 1 aromatic rings. The summed E-state index contributed by atoms with van der Waals surface area (Å²) in [6.07, 6.45) is 2.39. The van der Waals surface area contributed by atoms with Crippen LogP contribution in [0.4, 0.5) is 5.69 Å². The summed E-state index contributed by atoms with van der Waals surface area (Å²) in [6, 6.07) is 8.25. The van der Waals surface area contributed by atoms with Crippen LogP contribution in [0.3, 0.4) is 0 Å². The quantitative estimate of drug-likeness (QED) is 0.688. The predicted molar refractivity (Wildman–Crippen MR) is 63.4 cm³/mol. The number of nitrogens with one attached hydrogen (secondary N) is 2. The van der Waals surface area contributed by atoms with Crippen LogP contribution in [0.2, 0.25) is 0 Å². The van der Waals surface area contributed by atoms with Crippen LogP contribution in [0, 0.1) is 11.3 Å². The highest BCUT2D eigenvalue weighted by Gasteiger charge is 2.39. The second-order valence-electron chi connectivity index (χ2n) is 4.76. The Bertz CT molecular complexity index is 453. The summed E-state index contributed by atoms with van der Waals surface area (Å²) < 4.78 is 0. The maximum Gasteiger partial charge on any atom is 0.0992 e. The third kappa shape index (κ3) is 1.30. The van der Waals surface area contributed by atoms with Crippen molar-refractivity contribution in [3.05, 3.63) is 29.3 Å². The first-order valence-electron chi connectivity index (χ1n) is 5.83. The fraction of sp³-hybridized carbons (Fsp3) is 0.462. The van der Waals surface area contributed by atoms with E-state index in [1.165, 1.54) is 24.1 Å². The first-order chi connectivity index (χ1) is 7.84. The molecule has 1 aromatic carbocycles. The van der Waals surface area contributed by atoms with Crippen molar-refractivity contribution in [1.29, 1.82) is 5.26 Å². The van der Waals surface area contributed by atoms with Crippen LogP contribution in [-0.2, 0) is 5.41 Å². The average molecular weight is 213 g/mol. The topological polar surface area (TPSA) is 47.9 Å². The van der Waals surface area contributed by atoms with Crippen LogP contribution in [0.15, 0.2) is 18.2 Å². The minimum Gasteiger partial charge on any atom is -0.384 e. The zero-order valence-corrected chi connectivity index (χ0v) is 9.21. The van der Waals surface area contributed by atoms with E-state index in [9.17, 15) is 0 Å². The fourth-order valence-corrected chi connectivity index (χ4v) is 2.93. The van der Waals surface area contributed by atoms with Crippen molar-refractivity contribution in [3.63, 3.8) is 0 Å². The number of rotatable bonds is 0. The van der Waals surface area contributed by atoms with Gasteiger partial charge in [-0.05, 0) is 43.6 Å². The highest BCUT2D eigenvalue weighted by atomic mass is 15.0. The molecular formula is C13H15N3. The zero-order valence-electron chi connectivity index (χ0n) is 9.21. The summed E-state index contributed by atoms with van der Waals surface area (Å²) in [5.74, 6) is 0. The van der Waals surface area contributed by atoms with Gasteiger partial charge in [-0.2, -0.15) is 5.26 Å². The Kier molecular flexibility index (Phi) is 2.12. The zero-order chi connectivity index (χ0) is 11.0.